The van der Waals surface area contributed by atoms with E-state index in [0.717, 1.165) is 19.9 Å². The van der Waals surface area contributed by atoms with Crippen LogP contribution < -0.4 is 14.4 Å². The molecule has 4 aromatic carbocycles. The third kappa shape index (κ3) is 8.90. The number of rotatable bonds is 14. The highest BCUT2D eigenvalue weighted by Crippen LogP contribution is 2.35. The van der Waals surface area contributed by atoms with Crippen molar-refractivity contribution in [3.63, 3.8) is 0 Å². The first-order chi connectivity index (χ1) is 22.0. The maximum Gasteiger partial charge on any atom is 0.264 e. The van der Waals surface area contributed by atoms with Gasteiger partial charge in [0.15, 0.2) is 0 Å². The summed E-state index contributed by atoms with van der Waals surface area (Å²) in [5, 5.41) is 3.30. The monoisotopic (exact) mass is 725 g/mol. The molecule has 2 amide bonds. The number of benzene rings is 4. The van der Waals surface area contributed by atoms with Crippen LogP contribution in [0.4, 0.5) is 5.69 Å². The molecule has 4 aromatic rings. The second-order valence-corrected chi connectivity index (χ2v) is 14.0. The number of methoxy groups -OCH3 is 1. The first-order valence-electron chi connectivity index (χ1n) is 14.8. The summed E-state index contributed by atoms with van der Waals surface area (Å²) in [5.41, 5.74) is 1.72. The molecule has 0 saturated carbocycles. The number of hydrogen-bond acceptors (Lipinski definition) is 5. The summed E-state index contributed by atoms with van der Waals surface area (Å²) in [5.74, 6) is -0.697. The molecule has 0 saturated heterocycles. The minimum absolute atomic E-state index is 0.0142. The zero-order valence-electron chi connectivity index (χ0n) is 25.9. The number of nitrogens with zero attached hydrogens (tertiary/aromatic N) is 2. The maximum absolute atomic E-state index is 14.6. The minimum Gasteiger partial charge on any atom is -0.495 e. The predicted molar refractivity (Wildman–Crippen MR) is 185 cm³/mol. The van der Waals surface area contributed by atoms with Gasteiger partial charge in [0.25, 0.3) is 10.0 Å². The Balaban J connectivity index is 1.84. The Hall–Kier alpha value is -3.86. The summed E-state index contributed by atoms with van der Waals surface area (Å²) in [7, 11) is -2.88. The molecule has 46 heavy (non-hydrogen) atoms. The lowest BCUT2D eigenvalue weighted by Gasteiger charge is -2.34. The molecule has 4 rings (SSSR count). The number of hydrogen-bond donors (Lipinski definition) is 1. The fourth-order valence-corrected chi connectivity index (χ4v) is 6.74. The van der Waals surface area contributed by atoms with Crippen LogP contribution in [0.2, 0.25) is 5.02 Å². The second-order valence-electron chi connectivity index (χ2n) is 10.8. The Morgan fingerprint density at radius 1 is 0.913 bits per heavy atom. The van der Waals surface area contributed by atoms with E-state index in [1.165, 1.54) is 30.2 Å². The first-order valence-corrected chi connectivity index (χ1v) is 17.4. The Morgan fingerprint density at radius 3 is 2.15 bits per heavy atom. The molecule has 0 aliphatic carbocycles. The molecule has 1 N–H and O–H groups in total. The van der Waals surface area contributed by atoms with Crippen LogP contribution in [0, 0.1) is 0 Å². The van der Waals surface area contributed by atoms with E-state index in [9.17, 15) is 18.0 Å². The molecule has 0 aliphatic heterocycles. The summed E-state index contributed by atoms with van der Waals surface area (Å²) in [6.45, 7) is 3.31. The van der Waals surface area contributed by atoms with Crippen molar-refractivity contribution < 1.29 is 22.7 Å². The number of anilines is 1. The Kier molecular flexibility index (Phi) is 12.3. The van der Waals surface area contributed by atoms with Gasteiger partial charge < -0.3 is 15.0 Å². The van der Waals surface area contributed by atoms with E-state index in [-0.39, 0.29) is 46.3 Å². The average molecular weight is 727 g/mol. The molecule has 0 spiro atoms. The van der Waals surface area contributed by atoms with Crippen LogP contribution in [0.15, 0.2) is 112 Å². The summed E-state index contributed by atoms with van der Waals surface area (Å²) in [6, 6.07) is 28.2. The van der Waals surface area contributed by atoms with E-state index in [0.29, 0.717) is 6.42 Å². The Labute approximate surface area is 284 Å². The van der Waals surface area contributed by atoms with E-state index in [2.05, 4.69) is 21.2 Å². The van der Waals surface area contributed by atoms with Gasteiger partial charge in [-0.2, -0.15) is 0 Å². The summed E-state index contributed by atoms with van der Waals surface area (Å²) < 4.78 is 35.8. The van der Waals surface area contributed by atoms with Crippen molar-refractivity contribution in [3.8, 4) is 5.75 Å². The Morgan fingerprint density at radius 2 is 1.54 bits per heavy atom. The lowest BCUT2D eigenvalue weighted by Crippen LogP contribution is -2.54. The molecule has 0 bridgehead atoms. The molecule has 0 aromatic heterocycles. The van der Waals surface area contributed by atoms with Gasteiger partial charge in [-0.25, -0.2) is 8.42 Å². The number of nitrogens with one attached hydrogen (secondary N) is 1. The third-order valence-electron chi connectivity index (χ3n) is 7.56. The van der Waals surface area contributed by atoms with E-state index in [1.807, 2.05) is 68.4 Å². The number of halogens is 2. The van der Waals surface area contributed by atoms with E-state index < -0.39 is 28.5 Å². The third-order valence-corrected chi connectivity index (χ3v) is 10.1. The zero-order chi connectivity index (χ0) is 33.3. The van der Waals surface area contributed by atoms with Crippen LogP contribution >= 0.6 is 27.5 Å². The van der Waals surface area contributed by atoms with E-state index in [4.69, 9.17) is 16.3 Å². The molecule has 2 atom stereocenters. The van der Waals surface area contributed by atoms with Crippen LogP contribution in [0.1, 0.15) is 31.4 Å². The van der Waals surface area contributed by atoms with Crippen LogP contribution in [0.3, 0.4) is 0 Å². The van der Waals surface area contributed by atoms with Crippen molar-refractivity contribution >= 4 is 55.1 Å². The van der Waals surface area contributed by atoms with Gasteiger partial charge in [0.2, 0.25) is 11.8 Å². The fourth-order valence-electron chi connectivity index (χ4n) is 4.87. The molecule has 242 valence electrons. The van der Waals surface area contributed by atoms with Crippen molar-refractivity contribution in [2.24, 2.45) is 0 Å². The fraction of sp³-hybridized carbons (Fsp3) is 0.257. The van der Waals surface area contributed by atoms with Gasteiger partial charge in [-0.3, -0.25) is 13.9 Å². The number of sulfonamides is 1. The minimum atomic E-state index is -4.30. The SMILES string of the molecule is CC[C@@H](C)NC(=O)[C@H](Cc1ccccc1)N(Cc1ccc(Br)cc1)C(=O)CN(c1cc(Cl)ccc1OC)S(=O)(=O)c1ccccc1. The van der Waals surface area contributed by atoms with Crippen molar-refractivity contribution in [3.05, 3.63) is 124 Å². The topological polar surface area (TPSA) is 96.0 Å². The van der Waals surface area contributed by atoms with Crippen LogP contribution in [0.25, 0.3) is 0 Å². The van der Waals surface area contributed by atoms with Gasteiger partial charge in [0, 0.05) is 28.5 Å². The number of carbonyl (C=O) groups is 2. The van der Waals surface area contributed by atoms with E-state index >= 15 is 0 Å². The van der Waals surface area contributed by atoms with Gasteiger partial charge in [-0.15, -0.1) is 0 Å². The van der Waals surface area contributed by atoms with E-state index in [1.54, 1.807) is 30.3 Å². The normalized spacial score (nSPS) is 12.5. The molecular weight excluding hydrogens is 690 g/mol. The van der Waals surface area contributed by atoms with Gasteiger partial charge in [0.05, 0.1) is 17.7 Å². The van der Waals surface area contributed by atoms with Crippen LogP contribution in [-0.2, 0) is 32.6 Å². The standard InChI is InChI=1S/C35H37BrClN3O5S/c1-4-25(2)38-35(42)32(21-26-11-7-5-8-12-26)39(23-27-15-17-28(36)18-16-27)34(41)24-40(31-22-29(37)19-20-33(31)45-3)46(43,44)30-13-9-6-10-14-30/h5-20,22,25,32H,4,21,23-24H2,1-3H3,(H,38,42)/t25-,32+/m1/s1. The lowest BCUT2D eigenvalue weighted by atomic mass is 10.0. The highest BCUT2D eigenvalue weighted by atomic mass is 79.9. The van der Waals surface area contributed by atoms with Crippen molar-refractivity contribution in [2.45, 2.75) is 50.2 Å². The second kappa shape index (κ2) is 16.1. The largest absolute Gasteiger partial charge is 0.495 e. The van der Waals surface area contributed by atoms with Crippen molar-refractivity contribution in [2.75, 3.05) is 18.0 Å². The number of ether oxygens (including phenoxy) is 1. The van der Waals surface area contributed by atoms with Crippen LogP contribution in [-0.4, -0.2) is 50.9 Å². The molecule has 8 nitrogen and oxygen atoms in total. The molecule has 0 heterocycles. The lowest BCUT2D eigenvalue weighted by molar-refractivity contribution is -0.140. The average Bonchev–Trinajstić information content (AvgIpc) is 3.06. The summed E-state index contributed by atoms with van der Waals surface area (Å²) >= 11 is 9.80. The molecular formula is C35H37BrClN3O5S. The molecule has 0 aliphatic rings. The van der Waals surface area contributed by atoms with Crippen molar-refractivity contribution in [1.29, 1.82) is 0 Å². The molecule has 0 fully saturated rings. The Bertz CT molecular complexity index is 1720. The summed E-state index contributed by atoms with van der Waals surface area (Å²) in [4.78, 5) is 30.0. The maximum atomic E-state index is 14.6. The van der Waals surface area contributed by atoms with Gasteiger partial charge in [-0.1, -0.05) is 95.1 Å². The number of amides is 2. The zero-order valence-corrected chi connectivity index (χ0v) is 29.1. The smallest absolute Gasteiger partial charge is 0.264 e. The highest BCUT2D eigenvalue weighted by Gasteiger charge is 2.36. The summed E-state index contributed by atoms with van der Waals surface area (Å²) in [6.07, 6.45) is 0.916. The quantitative estimate of drug-likeness (QED) is 0.153. The molecule has 0 unspecified atom stereocenters. The van der Waals surface area contributed by atoms with Gasteiger partial charge in [0.1, 0.15) is 18.3 Å². The molecule has 0 radical (unpaired) electrons. The number of carbonyl (C=O) groups excluding carboxylic acids is 2. The van der Waals surface area contributed by atoms with Crippen molar-refractivity contribution in [1.82, 2.24) is 10.2 Å². The van der Waals surface area contributed by atoms with Gasteiger partial charge >= 0.3 is 0 Å². The first kappa shape index (κ1) is 35.0. The predicted octanol–water partition coefficient (Wildman–Crippen LogP) is 6.86. The van der Waals surface area contributed by atoms with Gasteiger partial charge in [-0.05, 0) is 66.9 Å². The van der Waals surface area contributed by atoms with Crippen LogP contribution in [0.5, 0.6) is 5.75 Å². The highest BCUT2D eigenvalue weighted by molar-refractivity contribution is 9.10. The molecule has 11 heteroatoms.